The van der Waals surface area contributed by atoms with Crippen molar-refractivity contribution in [1.82, 2.24) is 0 Å². The summed E-state index contributed by atoms with van der Waals surface area (Å²) in [6.07, 6.45) is 12.4. The predicted molar refractivity (Wildman–Crippen MR) is 156 cm³/mol. The average molecular weight is 621 g/mol. The van der Waals surface area contributed by atoms with Gasteiger partial charge < -0.3 is 40.3 Å². The third kappa shape index (κ3) is 15.7. The van der Waals surface area contributed by atoms with E-state index in [4.69, 9.17) is 9.26 Å². The van der Waals surface area contributed by atoms with Gasteiger partial charge in [0.05, 0.1) is 13.2 Å². The van der Waals surface area contributed by atoms with Crippen molar-refractivity contribution < 1.29 is 58.7 Å². The number of ether oxygens (including phenoxy) is 1. The lowest BCUT2D eigenvalue weighted by Gasteiger charge is -2.41. The van der Waals surface area contributed by atoms with E-state index in [9.17, 15) is 44.9 Å². The van der Waals surface area contributed by atoms with E-state index in [0.29, 0.717) is 12.8 Å². The van der Waals surface area contributed by atoms with Crippen molar-refractivity contribution in [2.75, 3.05) is 13.2 Å². The second-order valence-electron chi connectivity index (χ2n) is 10.1. The first-order valence-corrected chi connectivity index (χ1v) is 16.0. The molecular weight excluding hydrogens is 571 g/mol. The maximum atomic E-state index is 12.2. The predicted octanol–water partition coefficient (Wildman–Crippen LogP) is 2.36. The summed E-state index contributed by atoms with van der Waals surface area (Å²) in [7, 11) is -5.02. The highest BCUT2D eigenvalue weighted by atomic mass is 31.2. The zero-order valence-electron chi connectivity index (χ0n) is 24.3. The molecule has 42 heavy (non-hydrogen) atoms. The van der Waals surface area contributed by atoms with Crippen LogP contribution in [0.15, 0.2) is 48.6 Å². The molecule has 0 spiro atoms. The molecule has 0 heterocycles. The second kappa shape index (κ2) is 21.9. The average Bonchev–Trinajstić information content (AvgIpc) is 2.97. The molecule has 1 saturated carbocycles. The van der Waals surface area contributed by atoms with Crippen LogP contribution in [-0.4, -0.2) is 97.4 Å². The van der Waals surface area contributed by atoms with Gasteiger partial charge in [-0.25, -0.2) is 4.57 Å². The quantitative estimate of drug-likeness (QED) is 0.0428. The molecule has 0 aromatic heterocycles. The van der Waals surface area contributed by atoms with Gasteiger partial charge in [-0.3, -0.25) is 13.8 Å². The maximum Gasteiger partial charge on any atom is 0.472 e. The molecule has 0 radical (unpaired) electrons. The van der Waals surface area contributed by atoms with Crippen LogP contribution >= 0.6 is 7.82 Å². The van der Waals surface area contributed by atoms with Crippen molar-refractivity contribution >= 4 is 13.8 Å². The Morgan fingerprint density at radius 3 is 1.74 bits per heavy atom. The van der Waals surface area contributed by atoms with Crippen molar-refractivity contribution in [3.05, 3.63) is 48.6 Å². The Labute approximate surface area is 248 Å². The first kappa shape index (κ1) is 38.3. The molecule has 1 fully saturated rings. The number of rotatable bonds is 21. The number of aliphatic hydroxyl groups is 6. The van der Waals surface area contributed by atoms with Crippen LogP contribution in [0.4, 0.5) is 0 Å². The summed E-state index contributed by atoms with van der Waals surface area (Å²) in [5.74, 6) is -0.652. The van der Waals surface area contributed by atoms with Gasteiger partial charge in [0.1, 0.15) is 42.7 Å². The number of hydrogen-bond acceptors (Lipinski definition) is 11. The molecule has 0 amide bonds. The molecule has 6 unspecified atom stereocenters. The number of allylic oxidation sites excluding steroid dienone is 8. The maximum absolute atomic E-state index is 12.2. The van der Waals surface area contributed by atoms with Gasteiger partial charge in [-0.15, -0.1) is 0 Å². The Bertz CT molecular complexity index is 889. The lowest BCUT2D eigenvalue weighted by Crippen LogP contribution is -2.64. The van der Waals surface area contributed by atoms with Crippen LogP contribution in [0.5, 0.6) is 0 Å². The molecule has 1 rings (SSSR count). The Morgan fingerprint density at radius 2 is 1.24 bits per heavy atom. The number of esters is 1. The molecule has 1 aliphatic rings. The zero-order chi connectivity index (χ0) is 31.4. The standard InChI is InChI=1S/C29H49O12P/c1-2-3-4-5-6-7-8-9-10-11-12-13-14-15-16-17-18-19-23(31)40-22(20-30)21-39-42(37,38)41-29-27(35)25(33)24(32)26(34)28(29)36/h6-7,9-10,12-13,15-16,22,24-30,32-36H,2-5,8,11,14,17-21H2,1H3,(H,37,38). The number of phosphoric acid groups is 1. The molecule has 0 aromatic carbocycles. The van der Waals surface area contributed by atoms with E-state index in [2.05, 4.69) is 47.9 Å². The molecule has 0 aliphatic heterocycles. The third-order valence-electron chi connectivity index (χ3n) is 6.46. The van der Waals surface area contributed by atoms with Crippen LogP contribution in [-0.2, 0) is 23.1 Å². The summed E-state index contributed by atoms with van der Waals surface area (Å²) in [5.41, 5.74) is 0. The van der Waals surface area contributed by atoms with Crippen molar-refractivity contribution in [2.45, 2.75) is 114 Å². The minimum atomic E-state index is -5.02. The molecule has 13 heteroatoms. The largest absolute Gasteiger partial charge is 0.472 e. The molecule has 0 bridgehead atoms. The highest BCUT2D eigenvalue weighted by Gasteiger charge is 2.51. The number of unbranched alkanes of at least 4 members (excludes halogenated alkanes) is 4. The zero-order valence-corrected chi connectivity index (χ0v) is 25.2. The Morgan fingerprint density at radius 1 is 0.762 bits per heavy atom. The Hall–Kier alpha value is -1.70. The van der Waals surface area contributed by atoms with E-state index in [1.54, 1.807) is 0 Å². The van der Waals surface area contributed by atoms with E-state index in [-0.39, 0.29) is 6.42 Å². The molecule has 7 N–H and O–H groups in total. The van der Waals surface area contributed by atoms with Gasteiger partial charge in [-0.05, 0) is 44.9 Å². The van der Waals surface area contributed by atoms with Crippen molar-refractivity contribution in [2.24, 2.45) is 0 Å². The van der Waals surface area contributed by atoms with E-state index in [0.717, 1.165) is 25.7 Å². The highest BCUT2D eigenvalue weighted by molar-refractivity contribution is 7.47. The van der Waals surface area contributed by atoms with Crippen LogP contribution < -0.4 is 0 Å². The van der Waals surface area contributed by atoms with Gasteiger partial charge in [0, 0.05) is 6.42 Å². The van der Waals surface area contributed by atoms with Gasteiger partial charge in [0.25, 0.3) is 0 Å². The normalized spacial score (nSPS) is 27.3. The summed E-state index contributed by atoms with van der Waals surface area (Å²) in [5, 5.41) is 58.3. The van der Waals surface area contributed by atoms with Gasteiger partial charge in [0.2, 0.25) is 0 Å². The topological polar surface area (TPSA) is 203 Å². The smallest absolute Gasteiger partial charge is 0.457 e. The fourth-order valence-electron chi connectivity index (χ4n) is 3.98. The fraction of sp³-hybridized carbons (Fsp3) is 0.690. The molecule has 0 aromatic rings. The lowest BCUT2D eigenvalue weighted by atomic mass is 9.85. The molecule has 6 atom stereocenters. The molecule has 12 nitrogen and oxygen atoms in total. The Kier molecular flexibility index (Phi) is 20.0. The van der Waals surface area contributed by atoms with Crippen LogP contribution in [0.2, 0.25) is 0 Å². The van der Waals surface area contributed by atoms with Crippen molar-refractivity contribution in [3.8, 4) is 0 Å². The molecule has 242 valence electrons. The van der Waals surface area contributed by atoms with Crippen LogP contribution in [0.1, 0.15) is 71.1 Å². The van der Waals surface area contributed by atoms with Gasteiger partial charge in [-0.2, -0.15) is 0 Å². The lowest BCUT2D eigenvalue weighted by molar-refractivity contribution is -0.220. The molecule has 1 aliphatic carbocycles. The number of carbonyl (C=O) groups excluding carboxylic acids is 1. The van der Waals surface area contributed by atoms with Gasteiger partial charge >= 0.3 is 13.8 Å². The van der Waals surface area contributed by atoms with E-state index < -0.39 is 69.7 Å². The van der Waals surface area contributed by atoms with Crippen LogP contribution in [0.3, 0.4) is 0 Å². The molecule has 0 saturated heterocycles. The van der Waals surface area contributed by atoms with E-state index in [1.807, 2.05) is 12.2 Å². The highest BCUT2D eigenvalue weighted by Crippen LogP contribution is 2.47. The summed E-state index contributed by atoms with van der Waals surface area (Å²) in [4.78, 5) is 22.0. The summed E-state index contributed by atoms with van der Waals surface area (Å²) in [6, 6.07) is 0. The fourth-order valence-corrected chi connectivity index (χ4v) is 4.95. The number of carbonyl (C=O) groups is 1. The second-order valence-corrected chi connectivity index (χ2v) is 11.5. The monoisotopic (exact) mass is 620 g/mol. The third-order valence-corrected chi connectivity index (χ3v) is 7.45. The van der Waals surface area contributed by atoms with E-state index >= 15 is 0 Å². The van der Waals surface area contributed by atoms with Gasteiger partial charge in [0.15, 0.2) is 0 Å². The first-order valence-electron chi connectivity index (χ1n) is 14.5. The van der Waals surface area contributed by atoms with Gasteiger partial charge in [-0.1, -0.05) is 68.4 Å². The summed E-state index contributed by atoms with van der Waals surface area (Å²) >= 11 is 0. The minimum absolute atomic E-state index is 0.0420. The number of phosphoric ester groups is 1. The Balaban J connectivity index is 2.25. The van der Waals surface area contributed by atoms with Crippen LogP contribution in [0, 0.1) is 0 Å². The number of aliphatic hydroxyl groups excluding tert-OH is 6. The molecular formula is C29H49O12P. The van der Waals surface area contributed by atoms with E-state index in [1.165, 1.54) is 19.3 Å². The SMILES string of the molecule is CCCCCC=CCC=CCC=CCC=CCCCC(=O)OC(CO)COP(=O)(O)OC1C(O)C(O)C(O)C(O)C1O. The first-order chi connectivity index (χ1) is 20.0. The minimum Gasteiger partial charge on any atom is -0.457 e. The van der Waals surface area contributed by atoms with Crippen LogP contribution in [0.25, 0.3) is 0 Å². The summed E-state index contributed by atoms with van der Waals surface area (Å²) < 4.78 is 26.7. The van der Waals surface area contributed by atoms with Crippen molar-refractivity contribution in [3.63, 3.8) is 0 Å². The summed E-state index contributed by atoms with van der Waals surface area (Å²) in [6.45, 7) is 0.728. The number of hydrogen-bond donors (Lipinski definition) is 7. The van der Waals surface area contributed by atoms with Crippen molar-refractivity contribution in [1.29, 1.82) is 0 Å².